The average molecular weight is 368 g/mol. The predicted octanol–water partition coefficient (Wildman–Crippen LogP) is 7.63. The van der Waals surface area contributed by atoms with Crippen molar-refractivity contribution in [2.75, 3.05) is 13.1 Å². The van der Waals surface area contributed by atoms with Gasteiger partial charge < -0.3 is 0 Å². The van der Waals surface area contributed by atoms with Gasteiger partial charge in [-0.2, -0.15) is 0 Å². The second-order valence-electron chi connectivity index (χ2n) is 7.30. The summed E-state index contributed by atoms with van der Waals surface area (Å²) in [5, 5.41) is 0. The van der Waals surface area contributed by atoms with Crippen LogP contribution in [0.15, 0.2) is 30.3 Å². The van der Waals surface area contributed by atoms with Crippen LogP contribution in [0, 0.1) is 0 Å². The van der Waals surface area contributed by atoms with Gasteiger partial charge >= 0.3 is 0 Å². The highest BCUT2D eigenvalue weighted by molar-refractivity contribution is 5.85. The average Bonchev–Trinajstić information content (AvgIpc) is 2.61. The molecule has 0 atom stereocenters. The summed E-state index contributed by atoms with van der Waals surface area (Å²) in [4.78, 5) is 2.69. The van der Waals surface area contributed by atoms with Gasteiger partial charge in [0, 0.05) is 6.54 Å². The number of rotatable bonds is 16. The largest absolute Gasteiger partial charge is 0.299 e. The third-order valence-corrected chi connectivity index (χ3v) is 4.90. The fourth-order valence-electron chi connectivity index (χ4n) is 3.34. The van der Waals surface area contributed by atoms with Crippen LogP contribution in [-0.2, 0) is 6.54 Å². The first-order valence-corrected chi connectivity index (χ1v) is 10.6. The Labute approximate surface area is 164 Å². The van der Waals surface area contributed by atoms with Gasteiger partial charge in [-0.25, -0.2) is 0 Å². The Bertz CT molecular complexity index is 350. The van der Waals surface area contributed by atoms with Crippen molar-refractivity contribution in [3.63, 3.8) is 0 Å². The minimum absolute atomic E-state index is 0. The van der Waals surface area contributed by atoms with Gasteiger partial charge in [0.05, 0.1) is 0 Å². The summed E-state index contributed by atoms with van der Waals surface area (Å²) in [7, 11) is 0. The van der Waals surface area contributed by atoms with E-state index in [-0.39, 0.29) is 12.4 Å². The maximum atomic E-state index is 2.69. The molecule has 0 fully saturated rings. The molecule has 0 spiro atoms. The molecule has 0 bridgehead atoms. The number of nitrogens with zero attached hydrogens (tertiary/aromatic N) is 1. The van der Waals surface area contributed by atoms with Crippen molar-refractivity contribution in [3.05, 3.63) is 35.9 Å². The second-order valence-corrected chi connectivity index (χ2v) is 7.30. The molecule has 0 aliphatic carbocycles. The van der Waals surface area contributed by atoms with Gasteiger partial charge in [-0.3, -0.25) is 4.90 Å². The molecule has 0 heterocycles. The molecule has 0 aromatic heterocycles. The first kappa shape index (κ1) is 24.5. The van der Waals surface area contributed by atoms with Gasteiger partial charge in [-0.1, -0.05) is 108 Å². The van der Waals surface area contributed by atoms with Gasteiger partial charge in [0.2, 0.25) is 0 Å². The SMILES string of the molecule is CCCCCCCCN(CCCCCCCC)Cc1ccccc1.Cl. The molecule has 0 amide bonds. The Morgan fingerprint density at radius 2 is 1.04 bits per heavy atom. The summed E-state index contributed by atoms with van der Waals surface area (Å²) in [6, 6.07) is 11.0. The molecule has 0 radical (unpaired) electrons. The van der Waals surface area contributed by atoms with E-state index in [2.05, 4.69) is 49.1 Å². The van der Waals surface area contributed by atoms with Crippen LogP contribution in [0.25, 0.3) is 0 Å². The summed E-state index contributed by atoms with van der Waals surface area (Å²) in [6.07, 6.45) is 16.7. The van der Waals surface area contributed by atoms with Crippen molar-refractivity contribution in [2.24, 2.45) is 0 Å². The van der Waals surface area contributed by atoms with E-state index in [0.29, 0.717) is 0 Å². The molecule has 1 aromatic carbocycles. The Kier molecular flexibility index (Phi) is 17.9. The second kappa shape index (κ2) is 18.3. The van der Waals surface area contributed by atoms with Crippen LogP contribution >= 0.6 is 12.4 Å². The van der Waals surface area contributed by atoms with E-state index in [1.165, 1.54) is 95.7 Å². The third-order valence-electron chi connectivity index (χ3n) is 4.90. The van der Waals surface area contributed by atoms with E-state index in [0.717, 1.165) is 6.54 Å². The van der Waals surface area contributed by atoms with Crippen LogP contribution < -0.4 is 0 Å². The van der Waals surface area contributed by atoms with Gasteiger partial charge in [-0.05, 0) is 31.5 Å². The number of halogens is 1. The van der Waals surface area contributed by atoms with Crippen LogP contribution in [0.3, 0.4) is 0 Å². The minimum Gasteiger partial charge on any atom is -0.299 e. The number of hydrogen-bond acceptors (Lipinski definition) is 1. The quantitative estimate of drug-likeness (QED) is 0.271. The van der Waals surface area contributed by atoms with Crippen molar-refractivity contribution in [3.8, 4) is 0 Å². The molecular formula is C23H42ClN. The molecule has 25 heavy (non-hydrogen) atoms. The maximum Gasteiger partial charge on any atom is 0.0233 e. The Morgan fingerprint density at radius 3 is 1.52 bits per heavy atom. The molecule has 2 heteroatoms. The van der Waals surface area contributed by atoms with E-state index in [9.17, 15) is 0 Å². The van der Waals surface area contributed by atoms with E-state index < -0.39 is 0 Å². The molecule has 0 aliphatic heterocycles. The van der Waals surface area contributed by atoms with E-state index in [1.807, 2.05) is 0 Å². The van der Waals surface area contributed by atoms with Crippen LogP contribution in [0.4, 0.5) is 0 Å². The number of unbranched alkanes of at least 4 members (excludes halogenated alkanes) is 10. The highest BCUT2D eigenvalue weighted by atomic mass is 35.5. The van der Waals surface area contributed by atoms with Crippen molar-refractivity contribution < 1.29 is 0 Å². The smallest absolute Gasteiger partial charge is 0.0233 e. The molecule has 0 aliphatic rings. The normalized spacial score (nSPS) is 10.8. The summed E-state index contributed by atoms with van der Waals surface area (Å²) < 4.78 is 0. The number of benzene rings is 1. The van der Waals surface area contributed by atoms with Crippen molar-refractivity contribution in [1.82, 2.24) is 4.90 Å². The van der Waals surface area contributed by atoms with Crippen LogP contribution in [0.1, 0.15) is 96.5 Å². The van der Waals surface area contributed by atoms with Gasteiger partial charge in [0.1, 0.15) is 0 Å². The highest BCUT2D eigenvalue weighted by Crippen LogP contribution is 2.11. The van der Waals surface area contributed by atoms with Crippen LogP contribution in [0.2, 0.25) is 0 Å². The van der Waals surface area contributed by atoms with E-state index in [1.54, 1.807) is 0 Å². The van der Waals surface area contributed by atoms with Crippen LogP contribution in [-0.4, -0.2) is 18.0 Å². The summed E-state index contributed by atoms with van der Waals surface area (Å²) in [6.45, 7) is 8.26. The lowest BCUT2D eigenvalue weighted by atomic mass is 10.1. The van der Waals surface area contributed by atoms with Crippen molar-refractivity contribution in [1.29, 1.82) is 0 Å². The molecule has 0 unspecified atom stereocenters. The lowest BCUT2D eigenvalue weighted by molar-refractivity contribution is 0.252. The predicted molar refractivity (Wildman–Crippen MR) is 116 cm³/mol. The molecule has 1 nitrogen and oxygen atoms in total. The minimum atomic E-state index is 0. The Morgan fingerprint density at radius 1 is 0.600 bits per heavy atom. The number of hydrogen-bond donors (Lipinski definition) is 0. The first-order chi connectivity index (χ1) is 11.9. The fourth-order valence-corrected chi connectivity index (χ4v) is 3.34. The summed E-state index contributed by atoms with van der Waals surface area (Å²) in [5.74, 6) is 0. The van der Waals surface area contributed by atoms with E-state index >= 15 is 0 Å². The molecule has 1 rings (SSSR count). The zero-order valence-corrected chi connectivity index (χ0v) is 17.7. The van der Waals surface area contributed by atoms with Gasteiger partial charge in [0.15, 0.2) is 0 Å². The Hall–Kier alpha value is -0.530. The molecular weight excluding hydrogens is 326 g/mol. The summed E-state index contributed by atoms with van der Waals surface area (Å²) >= 11 is 0. The van der Waals surface area contributed by atoms with Crippen molar-refractivity contribution in [2.45, 2.75) is 97.4 Å². The highest BCUT2D eigenvalue weighted by Gasteiger charge is 2.06. The zero-order valence-electron chi connectivity index (χ0n) is 16.8. The molecule has 146 valence electrons. The van der Waals surface area contributed by atoms with Crippen molar-refractivity contribution >= 4 is 12.4 Å². The fraction of sp³-hybridized carbons (Fsp3) is 0.739. The summed E-state index contributed by atoms with van der Waals surface area (Å²) in [5.41, 5.74) is 1.47. The molecule has 0 saturated carbocycles. The van der Waals surface area contributed by atoms with Crippen LogP contribution in [0.5, 0.6) is 0 Å². The zero-order chi connectivity index (χ0) is 17.3. The lowest BCUT2D eigenvalue weighted by Gasteiger charge is -2.22. The molecule has 0 saturated heterocycles. The molecule has 0 N–H and O–H groups in total. The Balaban J connectivity index is 0.00000576. The first-order valence-electron chi connectivity index (χ1n) is 10.6. The lowest BCUT2D eigenvalue weighted by Crippen LogP contribution is -2.25. The van der Waals surface area contributed by atoms with Gasteiger partial charge in [-0.15, -0.1) is 12.4 Å². The standard InChI is InChI=1S/C23H41N.ClH/c1-3-5-7-9-11-16-20-24(21-17-12-10-8-6-4-2)22-23-18-14-13-15-19-23;/h13-15,18-19H,3-12,16-17,20-22H2,1-2H3;1H. The third kappa shape index (κ3) is 14.3. The topological polar surface area (TPSA) is 3.24 Å². The maximum absolute atomic E-state index is 2.69. The van der Waals surface area contributed by atoms with E-state index in [4.69, 9.17) is 0 Å². The molecule has 1 aromatic rings. The van der Waals surface area contributed by atoms with Gasteiger partial charge in [0.25, 0.3) is 0 Å². The monoisotopic (exact) mass is 367 g/mol.